The quantitative estimate of drug-likeness (QED) is 0.307. The second-order valence-corrected chi connectivity index (χ2v) is 19.2. The van der Waals surface area contributed by atoms with E-state index in [0.29, 0.717) is 57.8 Å². The maximum atomic E-state index is 11.6. The molecular weight excluding hydrogens is 573 g/mol. The van der Waals surface area contributed by atoms with E-state index in [1.165, 1.54) is 75.5 Å². The number of aliphatic carboxylic acids is 1. The summed E-state index contributed by atoms with van der Waals surface area (Å²) in [5.74, 6) is 3.65. The van der Waals surface area contributed by atoms with Crippen LogP contribution in [0.3, 0.4) is 0 Å². The van der Waals surface area contributed by atoms with E-state index in [1.54, 1.807) is 0 Å². The Morgan fingerprint density at radius 2 is 1.67 bits per heavy atom. The summed E-state index contributed by atoms with van der Waals surface area (Å²) in [5.41, 5.74) is 4.18. The third kappa shape index (κ3) is 4.49. The summed E-state index contributed by atoms with van der Waals surface area (Å²) in [6.45, 7) is 21.0. The zero-order valence-electron chi connectivity index (χ0n) is 28.4. The van der Waals surface area contributed by atoms with E-state index >= 15 is 0 Å². The van der Waals surface area contributed by atoms with Crippen LogP contribution in [-0.4, -0.2) is 39.8 Å². The van der Waals surface area contributed by atoms with Crippen LogP contribution in [-0.2, 0) is 4.79 Å². The average molecular weight is 633 g/mol. The van der Waals surface area contributed by atoms with E-state index in [0.717, 1.165) is 11.8 Å². The first-order valence-corrected chi connectivity index (χ1v) is 18.5. The van der Waals surface area contributed by atoms with E-state index < -0.39 is 5.97 Å². The lowest BCUT2D eigenvalue weighted by molar-refractivity contribution is -0.241. The molecule has 2 unspecified atom stereocenters. The molecule has 11 atom stereocenters. The van der Waals surface area contributed by atoms with Crippen molar-refractivity contribution in [2.45, 2.75) is 124 Å². The van der Waals surface area contributed by atoms with Crippen LogP contribution in [0, 0.1) is 62.6 Å². The number of hydrogen-bond donors (Lipinski definition) is 1. The molecule has 0 bridgehead atoms. The molecule has 0 aromatic carbocycles. The van der Waals surface area contributed by atoms with E-state index in [-0.39, 0.29) is 16.8 Å². The van der Waals surface area contributed by atoms with Gasteiger partial charge in [0.25, 0.3) is 0 Å². The molecule has 5 aliphatic carbocycles. The molecule has 1 heterocycles. The summed E-state index contributed by atoms with van der Waals surface area (Å²) < 4.78 is 0. The molecular formula is C38H59Cl2NO2. The van der Waals surface area contributed by atoms with Gasteiger partial charge in [-0.05, 0) is 146 Å². The van der Waals surface area contributed by atoms with Gasteiger partial charge in [0.2, 0.25) is 0 Å². The molecule has 5 saturated carbocycles. The fourth-order valence-corrected chi connectivity index (χ4v) is 14.2. The number of hydrogen-bond acceptors (Lipinski definition) is 2. The van der Waals surface area contributed by atoms with Gasteiger partial charge in [-0.25, -0.2) is 0 Å². The van der Waals surface area contributed by atoms with Crippen LogP contribution in [0.25, 0.3) is 0 Å². The Labute approximate surface area is 272 Å². The van der Waals surface area contributed by atoms with Crippen molar-refractivity contribution in [3.8, 4) is 0 Å². The first-order valence-electron chi connectivity index (χ1n) is 17.6. The first kappa shape index (κ1) is 32.3. The van der Waals surface area contributed by atoms with E-state index in [9.17, 15) is 9.90 Å². The third-order valence-corrected chi connectivity index (χ3v) is 17.2. The highest BCUT2D eigenvalue weighted by Crippen LogP contribution is 2.78. The van der Waals surface area contributed by atoms with Gasteiger partial charge in [0.05, 0.1) is 4.87 Å². The molecule has 43 heavy (non-hydrogen) atoms. The second-order valence-electron chi connectivity index (χ2n) is 18.0. The van der Waals surface area contributed by atoms with E-state index in [1.807, 2.05) is 0 Å². The van der Waals surface area contributed by atoms with Gasteiger partial charge in [0, 0.05) is 18.1 Å². The minimum absolute atomic E-state index is 0.0861. The molecule has 6 rings (SSSR count). The number of halogens is 2. The Hall–Kier alpha value is -0.670. The van der Waals surface area contributed by atoms with Crippen LogP contribution in [0.5, 0.6) is 0 Å². The predicted molar refractivity (Wildman–Crippen MR) is 179 cm³/mol. The predicted octanol–water partition coefficient (Wildman–Crippen LogP) is 10.2. The van der Waals surface area contributed by atoms with Crippen LogP contribution >= 0.6 is 23.2 Å². The van der Waals surface area contributed by atoms with Gasteiger partial charge < -0.3 is 10.0 Å². The second kappa shape index (κ2) is 10.4. The smallest absolute Gasteiger partial charge is 0.323 e. The van der Waals surface area contributed by atoms with Gasteiger partial charge in [-0.2, -0.15) is 0 Å². The molecule has 242 valence electrons. The van der Waals surface area contributed by atoms with Crippen molar-refractivity contribution in [1.82, 2.24) is 4.90 Å². The molecule has 6 aliphatic rings. The standard InChI is InChI=1S/C38H59Cl2NO2/c1-24-25(10-9-21-41(24)22-31(42)43)26-14-17-35(5)29(33(26,2)3)15-18-37(7)30(35)12-11-27-32-28(38(8,40)23-39)13-16-34(32,4)19-20-36(27,37)6/h9-10,26-30,32H,11-23H2,1-8H3,(H,42,43)/t26?,27-,28-,29+,30-,32+,34-,35+,36-,37-,38?/m1/s1. The molecule has 3 nitrogen and oxygen atoms in total. The fraction of sp³-hybridized carbons (Fsp3) is 0.868. The normalized spacial score (nSPS) is 48.6. The molecule has 1 N–H and O–H groups in total. The van der Waals surface area contributed by atoms with Gasteiger partial charge in [0.15, 0.2) is 0 Å². The lowest BCUT2D eigenvalue weighted by Gasteiger charge is -2.73. The van der Waals surface area contributed by atoms with Crippen LogP contribution in [0.4, 0.5) is 0 Å². The third-order valence-electron chi connectivity index (χ3n) is 16.1. The number of rotatable bonds is 5. The van der Waals surface area contributed by atoms with Crippen molar-refractivity contribution >= 4 is 29.2 Å². The SMILES string of the molecule is CC1=C(C2CC[C@]3(C)[C@H]4CC[C@@H]5[C@H]6[C@H](C(C)(Cl)CCl)CC[C@]6(C)CC[C@@]5(C)[C@]4(C)CC[C@H]3C2(C)C)C=CCN1CC(=O)O. The summed E-state index contributed by atoms with van der Waals surface area (Å²) >= 11 is 13.8. The van der Waals surface area contributed by atoms with E-state index in [4.69, 9.17) is 23.2 Å². The highest BCUT2D eigenvalue weighted by atomic mass is 35.5. The lowest BCUT2D eigenvalue weighted by Crippen LogP contribution is -2.66. The lowest BCUT2D eigenvalue weighted by atomic mass is 9.31. The maximum absolute atomic E-state index is 11.6. The average Bonchev–Trinajstić information content (AvgIpc) is 3.29. The van der Waals surface area contributed by atoms with Crippen LogP contribution < -0.4 is 0 Å². The molecule has 0 aromatic heterocycles. The Morgan fingerprint density at radius 1 is 0.953 bits per heavy atom. The monoisotopic (exact) mass is 631 g/mol. The zero-order valence-corrected chi connectivity index (χ0v) is 29.9. The molecule has 5 heteroatoms. The minimum Gasteiger partial charge on any atom is -0.480 e. The van der Waals surface area contributed by atoms with Gasteiger partial charge in [-0.1, -0.05) is 53.7 Å². The van der Waals surface area contributed by atoms with Gasteiger partial charge in [-0.3, -0.25) is 4.79 Å². The van der Waals surface area contributed by atoms with Crippen LogP contribution in [0.15, 0.2) is 23.4 Å². The number of allylic oxidation sites excluding steroid dienone is 3. The number of carbonyl (C=O) groups is 1. The van der Waals surface area contributed by atoms with Crippen molar-refractivity contribution in [3.63, 3.8) is 0 Å². The molecule has 5 fully saturated rings. The number of alkyl halides is 2. The topological polar surface area (TPSA) is 40.5 Å². The summed E-state index contributed by atoms with van der Waals surface area (Å²) in [6.07, 6.45) is 17.6. The van der Waals surface area contributed by atoms with Crippen molar-refractivity contribution in [2.24, 2.45) is 62.6 Å². The first-order chi connectivity index (χ1) is 20.0. The van der Waals surface area contributed by atoms with Crippen molar-refractivity contribution in [2.75, 3.05) is 19.0 Å². The number of carboxylic acid groups (broad SMARTS) is 1. The number of fused-ring (bicyclic) bond motifs is 7. The summed E-state index contributed by atoms with van der Waals surface area (Å²) in [5, 5.41) is 9.54. The Kier molecular flexibility index (Phi) is 7.82. The largest absolute Gasteiger partial charge is 0.480 e. The van der Waals surface area contributed by atoms with Gasteiger partial charge >= 0.3 is 5.97 Å². The highest BCUT2D eigenvalue weighted by molar-refractivity contribution is 6.30. The molecule has 0 radical (unpaired) electrons. The number of carboxylic acids is 1. The van der Waals surface area contributed by atoms with E-state index in [2.05, 4.69) is 72.4 Å². The summed E-state index contributed by atoms with van der Waals surface area (Å²) in [4.78, 5) is 13.4. The molecule has 0 spiro atoms. The Bertz CT molecular complexity index is 1210. The fourth-order valence-electron chi connectivity index (χ4n) is 13.7. The van der Waals surface area contributed by atoms with Crippen LogP contribution in [0.2, 0.25) is 0 Å². The van der Waals surface area contributed by atoms with Gasteiger partial charge in [-0.15, -0.1) is 23.2 Å². The minimum atomic E-state index is -0.745. The molecule has 0 aromatic rings. The van der Waals surface area contributed by atoms with Crippen molar-refractivity contribution in [1.29, 1.82) is 0 Å². The summed E-state index contributed by atoms with van der Waals surface area (Å²) in [7, 11) is 0. The maximum Gasteiger partial charge on any atom is 0.323 e. The molecule has 0 saturated heterocycles. The van der Waals surface area contributed by atoms with Crippen molar-refractivity contribution < 1.29 is 9.90 Å². The van der Waals surface area contributed by atoms with Crippen molar-refractivity contribution in [3.05, 3.63) is 23.4 Å². The van der Waals surface area contributed by atoms with Gasteiger partial charge in [0.1, 0.15) is 6.54 Å². The zero-order chi connectivity index (χ0) is 31.4. The van der Waals surface area contributed by atoms with Crippen LogP contribution in [0.1, 0.15) is 120 Å². The molecule has 0 amide bonds. The summed E-state index contributed by atoms with van der Waals surface area (Å²) in [6, 6.07) is 0. The highest BCUT2D eigenvalue weighted by Gasteiger charge is 2.71. The Morgan fingerprint density at radius 3 is 2.35 bits per heavy atom. The Balaban J connectivity index is 1.32. The number of nitrogens with zero attached hydrogens (tertiary/aromatic N) is 1. The molecule has 1 aliphatic heterocycles.